The first-order valence-electron chi connectivity index (χ1n) is 6.15. The molecular formula is C14H14FN3. The van der Waals surface area contributed by atoms with Gasteiger partial charge < -0.3 is 5.32 Å². The highest BCUT2D eigenvalue weighted by Crippen LogP contribution is 2.32. The minimum absolute atomic E-state index is 0.104. The number of benzene rings is 1. The first-order chi connectivity index (χ1) is 8.83. The molecule has 1 aromatic heterocycles. The van der Waals surface area contributed by atoms with Crippen molar-refractivity contribution in [3.05, 3.63) is 53.6 Å². The third-order valence-electron chi connectivity index (χ3n) is 3.29. The van der Waals surface area contributed by atoms with Crippen LogP contribution in [-0.2, 0) is 6.42 Å². The van der Waals surface area contributed by atoms with E-state index in [1.165, 1.54) is 11.6 Å². The van der Waals surface area contributed by atoms with Crippen molar-refractivity contribution in [3.8, 4) is 0 Å². The van der Waals surface area contributed by atoms with Crippen LogP contribution in [0.15, 0.2) is 36.7 Å². The fraction of sp³-hybridized carbons (Fsp3) is 0.286. The average molecular weight is 243 g/mol. The number of fused-ring (bicyclic) bond motifs is 1. The monoisotopic (exact) mass is 243 g/mol. The van der Waals surface area contributed by atoms with E-state index in [1.54, 1.807) is 24.5 Å². The molecule has 0 saturated carbocycles. The summed E-state index contributed by atoms with van der Waals surface area (Å²) in [4.78, 5) is 8.30. The Hall–Kier alpha value is -1.97. The zero-order valence-electron chi connectivity index (χ0n) is 9.94. The molecule has 0 radical (unpaired) electrons. The summed E-state index contributed by atoms with van der Waals surface area (Å²) in [5, 5.41) is 3.28. The number of nitrogens with zero attached hydrogens (tertiary/aromatic N) is 2. The molecule has 1 aromatic carbocycles. The molecular weight excluding hydrogens is 229 g/mol. The molecule has 1 aliphatic carbocycles. The van der Waals surface area contributed by atoms with Crippen molar-refractivity contribution >= 4 is 5.95 Å². The van der Waals surface area contributed by atoms with Crippen molar-refractivity contribution < 1.29 is 4.39 Å². The van der Waals surface area contributed by atoms with Crippen molar-refractivity contribution in [1.82, 2.24) is 9.97 Å². The summed E-state index contributed by atoms with van der Waals surface area (Å²) in [7, 11) is 0. The Labute approximate surface area is 105 Å². The highest BCUT2D eigenvalue weighted by molar-refractivity contribution is 5.38. The number of anilines is 1. The normalized spacial score (nSPS) is 18.2. The smallest absolute Gasteiger partial charge is 0.223 e. The molecule has 0 spiro atoms. The van der Waals surface area contributed by atoms with Crippen LogP contribution in [0.2, 0.25) is 0 Å². The van der Waals surface area contributed by atoms with Crippen LogP contribution < -0.4 is 5.32 Å². The molecule has 4 heteroatoms. The topological polar surface area (TPSA) is 37.8 Å². The lowest BCUT2D eigenvalue weighted by molar-refractivity contribution is 0.577. The third kappa shape index (κ3) is 2.18. The van der Waals surface area contributed by atoms with Gasteiger partial charge in [-0.2, -0.15) is 0 Å². The molecule has 0 fully saturated rings. The first-order valence-corrected chi connectivity index (χ1v) is 6.15. The van der Waals surface area contributed by atoms with Gasteiger partial charge in [-0.25, -0.2) is 14.4 Å². The van der Waals surface area contributed by atoms with E-state index in [-0.39, 0.29) is 11.9 Å². The summed E-state index contributed by atoms with van der Waals surface area (Å²) < 4.78 is 13.3. The number of nitrogens with one attached hydrogen (secondary N) is 1. The SMILES string of the molecule is Fc1ccc2c(c1)C(Nc1ncccn1)CCC2. The van der Waals surface area contributed by atoms with Gasteiger partial charge in [-0.1, -0.05) is 6.07 Å². The molecule has 1 heterocycles. The highest BCUT2D eigenvalue weighted by Gasteiger charge is 2.21. The Bertz CT molecular complexity index is 542. The molecule has 2 aromatic rings. The summed E-state index contributed by atoms with van der Waals surface area (Å²) in [6.45, 7) is 0. The van der Waals surface area contributed by atoms with Crippen LogP contribution in [0.25, 0.3) is 0 Å². The van der Waals surface area contributed by atoms with Gasteiger partial charge in [0.15, 0.2) is 0 Å². The summed E-state index contributed by atoms with van der Waals surface area (Å²) >= 11 is 0. The second-order valence-corrected chi connectivity index (χ2v) is 4.50. The van der Waals surface area contributed by atoms with Crippen LogP contribution in [0, 0.1) is 5.82 Å². The van der Waals surface area contributed by atoms with E-state index < -0.39 is 0 Å². The molecule has 0 amide bonds. The Morgan fingerprint density at radius 1 is 1.22 bits per heavy atom. The van der Waals surface area contributed by atoms with Crippen LogP contribution in [0.4, 0.5) is 10.3 Å². The molecule has 18 heavy (non-hydrogen) atoms. The van der Waals surface area contributed by atoms with Gasteiger partial charge in [0.05, 0.1) is 6.04 Å². The average Bonchev–Trinajstić information content (AvgIpc) is 2.41. The number of aryl methyl sites for hydroxylation is 1. The second-order valence-electron chi connectivity index (χ2n) is 4.50. The van der Waals surface area contributed by atoms with Crippen molar-refractivity contribution in [2.75, 3.05) is 5.32 Å². The molecule has 92 valence electrons. The van der Waals surface area contributed by atoms with Crippen molar-refractivity contribution in [3.63, 3.8) is 0 Å². The zero-order valence-corrected chi connectivity index (χ0v) is 9.94. The minimum Gasteiger partial charge on any atom is -0.347 e. The van der Waals surface area contributed by atoms with Gasteiger partial charge in [0, 0.05) is 12.4 Å². The van der Waals surface area contributed by atoms with E-state index in [0.717, 1.165) is 24.8 Å². The van der Waals surface area contributed by atoms with E-state index in [4.69, 9.17) is 0 Å². The number of hydrogen-bond donors (Lipinski definition) is 1. The Balaban J connectivity index is 1.89. The fourth-order valence-electron chi connectivity index (χ4n) is 2.45. The Kier molecular flexibility index (Phi) is 2.92. The fourth-order valence-corrected chi connectivity index (χ4v) is 2.45. The van der Waals surface area contributed by atoms with Gasteiger partial charge in [-0.05, 0) is 48.6 Å². The third-order valence-corrected chi connectivity index (χ3v) is 3.29. The van der Waals surface area contributed by atoms with Crippen LogP contribution in [-0.4, -0.2) is 9.97 Å². The molecule has 3 rings (SSSR count). The molecule has 3 nitrogen and oxygen atoms in total. The molecule has 0 saturated heterocycles. The standard InChI is InChI=1S/C14H14FN3/c15-11-6-5-10-3-1-4-13(12(10)9-11)18-14-16-7-2-8-17-14/h2,5-9,13H,1,3-4H2,(H,16,17,18). The maximum Gasteiger partial charge on any atom is 0.223 e. The van der Waals surface area contributed by atoms with Crippen LogP contribution in [0.3, 0.4) is 0 Å². The molecule has 1 unspecified atom stereocenters. The van der Waals surface area contributed by atoms with Crippen molar-refractivity contribution in [2.45, 2.75) is 25.3 Å². The number of hydrogen-bond acceptors (Lipinski definition) is 3. The maximum absolute atomic E-state index is 13.3. The quantitative estimate of drug-likeness (QED) is 0.880. The van der Waals surface area contributed by atoms with Crippen LogP contribution in [0.1, 0.15) is 30.0 Å². The molecule has 0 bridgehead atoms. The largest absolute Gasteiger partial charge is 0.347 e. The van der Waals surface area contributed by atoms with Gasteiger partial charge in [-0.3, -0.25) is 0 Å². The van der Waals surface area contributed by atoms with E-state index in [2.05, 4.69) is 15.3 Å². The number of halogens is 1. The summed E-state index contributed by atoms with van der Waals surface area (Å²) in [5.41, 5.74) is 2.25. The van der Waals surface area contributed by atoms with E-state index in [1.807, 2.05) is 6.07 Å². The highest BCUT2D eigenvalue weighted by atomic mass is 19.1. The zero-order chi connectivity index (χ0) is 12.4. The van der Waals surface area contributed by atoms with Gasteiger partial charge >= 0.3 is 0 Å². The van der Waals surface area contributed by atoms with Gasteiger partial charge in [0.2, 0.25) is 5.95 Å². The summed E-state index contributed by atoms with van der Waals surface area (Å²) in [6.07, 6.45) is 6.50. The molecule has 0 aliphatic heterocycles. The molecule has 1 aliphatic rings. The predicted molar refractivity (Wildman–Crippen MR) is 67.7 cm³/mol. The maximum atomic E-state index is 13.3. The number of rotatable bonds is 2. The lowest BCUT2D eigenvalue weighted by Gasteiger charge is -2.26. The first kappa shape index (κ1) is 11.1. The van der Waals surface area contributed by atoms with E-state index in [9.17, 15) is 4.39 Å². The lowest BCUT2D eigenvalue weighted by atomic mass is 9.87. The Morgan fingerprint density at radius 3 is 2.89 bits per heavy atom. The van der Waals surface area contributed by atoms with Crippen LogP contribution >= 0.6 is 0 Å². The summed E-state index contributed by atoms with van der Waals surface area (Å²) in [6, 6.07) is 6.91. The predicted octanol–water partition coefficient (Wildman–Crippen LogP) is 3.11. The second kappa shape index (κ2) is 4.72. The van der Waals surface area contributed by atoms with E-state index in [0.29, 0.717) is 5.95 Å². The number of aromatic nitrogens is 2. The van der Waals surface area contributed by atoms with Crippen molar-refractivity contribution in [1.29, 1.82) is 0 Å². The summed E-state index contributed by atoms with van der Waals surface area (Å²) in [5.74, 6) is 0.413. The van der Waals surface area contributed by atoms with Gasteiger partial charge in [0.1, 0.15) is 5.82 Å². The molecule has 1 atom stereocenters. The van der Waals surface area contributed by atoms with Crippen molar-refractivity contribution in [2.24, 2.45) is 0 Å². The van der Waals surface area contributed by atoms with Gasteiger partial charge in [0.25, 0.3) is 0 Å². The van der Waals surface area contributed by atoms with Gasteiger partial charge in [-0.15, -0.1) is 0 Å². The molecule has 1 N–H and O–H groups in total. The minimum atomic E-state index is -0.184. The lowest BCUT2D eigenvalue weighted by Crippen LogP contribution is -2.18. The van der Waals surface area contributed by atoms with Crippen LogP contribution in [0.5, 0.6) is 0 Å². The Morgan fingerprint density at radius 2 is 2.06 bits per heavy atom. The van der Waals surface area contributed by atoms with E-state index >= 15 is 0 Å².